The molecule has 0 bridgehead atoms. The molecule has 0 fully saturated rings. The third-order valence-electron chi connectivity index (χ3n) is 1.28. The SMILES string of the molecule is C#C[Si](C#C)(CC)OC(C)=O. The van der Waals surface area contributed by atoms with Gasteiger partial charge in [0.25, 0.3) is 5.97 Å². The molecule has 0 aliphatic heterocycles. The van der Waals surface area contributed by atoms with E-state index in [0.717, 1.165) is 0 Å². The maximum atomic E-state index is 10.6. The monoisotopic (exact) mass is 166 g/mol. The molecular weight excluding hydrogens is 156 g/mol. The van der Waals surface area contributed by atoms with Gasteiger partial charge in [-0.15, -0.1) is 12.8 Å². The van der Waals surface area contributed by atoms with E-state index in [-0.39, 0.29) is 0 Å². The van der Waals surface area contributed by atoms with E-state index in [0.29, 0.717) is 6.04 Å². The van der Waals surface area contributed by atoms with Gasteiger partial charge in [0.15, 0.2) is 0 Å². The summed E-state index contributed by atoms with van der Waals surface area (Å²) >= 11 is 0. The van der Waals surface area contributed by atoms with E-state index in [1.54, 1.807) is 0 Å². The second-order valence-electron chi connectivity index (χ2n) is 2.06. The number of hydrogen-bond donors (Lipinski definition) is 0. The summed E-state index contributed by atoms with van der Waals surface area (Å²) < 4.78 is 4.91. The molecule has 11 heavy (non-hydrogen) atoms. The van der Waals surface area contributed by atoms with Crippen molar-refractivity contribution < 1.29 is 9.22 Å². The number of terminal acetylenes is 2. The highest BCUT2D eigenvalue weighted by Gasteiger charge is 2.31. The van der Waals surface area contributed by atoms with Gasteiger partial charge in [-0.25, -0.2) is 0 Å². The van der Waals surface area contributed by atoms with Crippen LogP contribution < -0.4 is 0 Å². The highest BCUT2D eigenvalue weighted by Crippen LogP contribution is 2.08. The molecule has 0 atom stereocenters. The van der Waals surface area contributed by atoms with Crippen LogP contribution in [0.2, 0.25) is 6.04 Å². The first-order valence-corrected chi connectivity index (χ1v) is 5.37. The van der Waals surface area contributed by atoms with Gasteiger partial charge in [0.2, 0.25) is 0 Å². The van der Waals surface area contributed by atoms with Crippen LogP contribution in [0.15, 0.2) is 0 Å². The fraction of sp³-hybridized carbons (Fsp3) is 0.375. The number of rotatable bonds is 2. The smallest absolute Gasteiger partial charge is 0.413 e. The lowest BCUT2D eigenvalue weighted by atomic mass is 10.9. The lowest BCUT2D eigenvalue weighted by Gasteiger charge is -2.15. The number of carbonyl (C=O) groups is 1. The zero-order valence-corrected chi connectivity index (χ0v) is 7.68. The summed E-state index contributed by atoms with van der Waals surface area (Å²) in [5, 5.41) is 0. The van der Waals surface area contributed by atoms with E-state index in [4.69, 9.17) is 17.3 Å². The van der Waals surface area contributed by atoms with Crippen LogP contribution in [-0.2, 0) is 9.22 Å². The molecule has 3 heteroatoms. The van der Waals surface area contributed by atoms with Crippen LogP contribution >= 0.6 is 0 Å². The minimum absolute atomic E-state index is 0.394. The van der Waals surface area contributed by atoms with Gasteiger partial charge in [-0.1, -0.05) is 18.0 Å². The Hall–Kier alpha value is -1.19. The van der Waals surface area contributed by atoms with Crippen molar-refractivity contribution in [2.75, 3.05) is 0 Å². The van der Waals surface area contributed by atoms with Crippen molar-refractivity contribution in [2.45, 2.75) is 19.9 Å². The Morgan fingerprint density at radius 3 is 2.09 bits per heavy atom. The fourth-order valence-electron chi connectivity index (χ4n) is 0.622. The van der Waals surface area contributed by atoms with Gasteiger partial charge in [-0.05, 0) is 6.04 Å². The fourth-order valence-corrected chi connectivity index (χ4v) is 1.87. The molecule has 0 aromatic heterocycles. The molecule has 0 aliphatic rings. The quantitative estimate of drug-likeness (QED) is 0.449. The van der Waals surface area contributed by atoms with Crippen LogP contribution in [0.5, 0.6) is 0 Å². The standard InChI is InChI=1S/C8H10O2Si/c1-5-11(6-2,7-3)10-8(4)9/h1-2H,7H2,3-4H3. The van der Waals surface area contributed by atoms with E-state index < -0.39 is 14.3 Å². The lowest BCUT2D eigenvalue weighted by molar-refractivity contribution is -0.132. The summed E-state index contributed by atoms with van der Waals surface area (Å²) in [6.07, 6.45) is 10.3. The molecule has 2 nitrogen and oxygen atoms in total. The van der Waals surface area contributed by atoms with Crippen molar-refractivity contribution in [3.8, 4) is 23.9 Å². The zero-order valence-electron chi connectivity index (χ0n) is 6.68. The third kappa shape index (κ3) is 2.49. The van der Waals surface area contributed by atoms with E-state index in [1.165, 1.54) is 6.92 Å². The lowest BCUT2D eigenvalue weighted by Crippen LogP contribution is -2.36. The van der Waals surface area contributed by atoms with Gasteiger partial charge < -0.3 is 4.43 Å². The van der Waals surface area contributed by atoms with Crippen molar-refractivity contribution >= 4 is 14.3 Å². The van der Waals surface area contributed by atoms with Gasteiger partial charge in [0.05, 0.1) is 0 Å². The van der Waals surface area contributed by atoms with Crippen molar-refractivity contribution in [3.05, 3.63) is 0 Å². The van der Waals surface area contributed by atoms with Crippen LogP contribution in [0.3, 0.4) is 0 Å². The predicted octanol–water partition coefficient (Wildman–Crippen LogP) is 0.860. The molecule has 0 radical (unpaired) electrons. The predicted molar refractivity (Wildman–Crippen MR) is 45.7 cm³/mol. The van der Waals surface area contributed by atoms with Gasteiger partial charge in [-0.3, -0.25) is 4.79 Å². The molecule has 0 spiro atoms. The molecule has 0 rings (SSSR count). The largest absolute Gasteiger partial charge is 0.496 e. The molecular formula is C8H10O2Si. The second kappa shape index (κ2) is 3.85. The van der Waals surface area contributed by atoms with E-state index in [1.807, 2.05) is 6.92 Å². The molecule has 0 heterocycles. The molecule has 0 saturated carbocycles. The summed E-state index contributed by atoms with van der Waals surface area (Å²) in [6.45, 7) is 3.14. The maximum absolute atomic E-state index is 10.6. The number of hydrogen-bond acceptors (Lipinski definition) is 2. The Morgan fingerprint density at radius 1 is 1.55 bits per heavy atom. The van der Waals surface area contributed by atoms with Gasteiger partial charge in [0.1, 0.15) is 0 Å². The molecule has 0 amide bonds. The number of carbonyl (C=O) groups excluding carboxylic acids is 1. The normalized spacial score (nSPS) is 9.45. The Morgan fingerprint density at radius 2 is 2.00 bits per heavy atom. The van der Waals surface area contributed by atoms with Crippen LogP contribution in [0.4, 0.5) is 0 Å². The Labute approximate surface area is 68.1 Å². The first-order chi connectivity index (χ1) is 5.10. The zero-order chi connectivity index (χ0) is 8.91. The summed E-state index contributed by atoms with van der Waals surface area (Å²) in [5.74, 6) is -0.394. The molecule has 0 aliphatic carbocycles. The van der Waals surface area contributed by atoms with Crippen molar-refractivity contribution in [2.24, 2.45) is 0 Å². The first-order valence-electron chi connectivity index (χ1n) is 3.25. The molecule has 0 aromatic rings. The van der Waals surface area contributed by atoms with Crippen LogP contribution in [0, 0.1) is 23.9 Å². The van der Waals surface area contributed by atoms with E-state index >= 15 is 0 Å². The van der Waals surface area contributed by atoms with E-state index in [2.05, 4.69) is 11.1 Å². The average Bonchev–Trinajstić information content (AvgIpc) is 2.00. The third-order valence-corrected chi connectivity index (χ3v) is 3.85. The van der Waals surface area contributed by atoms with Crippen molar-refractivity contribution in [1.29, 1.82) is 0 Å². The average molecular weight is 166 g/mol. The molecule has 0 unspecified atom stereocenters. The molecule has 58 valence electrons. The highest BCUT2D eigenvalue weighted by atomic mass is 28.4. The van der Waals surface area contributed by atoms with Crippen molar-refractivity contribution in [1.82, 2.24) is 0 Å². The summed E-state index contributed by atoms with van der Waals surface area (Å²) in [6, 6.07) is 0.569. The van der Waals surface area contributed by atoms with E-state index in [9.17, 15) is 4.79 Å². The van der Waals surface area contributed by atoms with Gasteiger partial charge in [-0.2, -0.15) is 0 Å². The van der Waals surface area contributed by atoms with Crippen LogP contribution in [-0.4, -0.2) is 14.3 Å². The molecule has 0 saturated heterocycles. The maximum Gasteiger partial charge on any atom is 0.413 e. The topological polar surface area (TPSA) is 26.3 Å². The van der Waals surface area contributed by atoms with Gasteiger partial charge >= 0.3 is 8.32 Å². The molecule has 0 N–H and O–H groups in total. The Kier molecular flexibility index (Phi) is 3.43. The summed E-state index contributed by atoms with van der Waals surface area (Å²) in [5.41, 5.74) is 4.81. The van der Waals surface area contributed by atoms with Gasteiger partial charge in [0, 0.05) is 6.92 Å². The first kappa shape index (κ1) is 9.81. The van der Waals surface area contributed by atoms with Crippen LogP contribution in [0.1, 0.15) is 13.8 Å². The molecule has 0 aromatic carbocycles. The Bertz CT molecular complexity index is 217. The minimum atomic E-state index is -2.57. The summed E-state index contributed by atoms with van der Waals surface area (Å²) in [4.78, 5) is 10.6. The minimum Gasteiger partial charge on any atom is -0.496 e. The summed E-state index contributed by atoms with van der Waals surface area (Å²) in [7, 11) is -2.57. The Balaban J connectivity index is 4.49. The van der Waals surface area contributed by atoms with Crippen LogP contribution in [0.25, 0.3) is 0 Å². The highest BCUT2D eigenvalue weighted by molar-refractivity contribution is 6.89. The second-order valence-corrected chi connectivity index (χ2v) is 5.21. The van der Waals surface area contributed by atoms with Crippen molar-refractivity contribution in [3.63, 3.8) is 0 Å².